The van der Waals surface area contributed by atoms with E-state index in [4.69, 9.17) is 16.3 Å². The van der Waals surface area contributed by atoms with Crippen LogP contribution in [0.2, 0.25) is 5.02 Å². The number of rotatable bonds is 4. The lowest BCUT2D eigenvalue weighted by Crippen LogP contribution is -2.51. The van der Waals surface area contributed by atoms with Gasteiger partial charge < -0.3 is 4.74 Å². The molecule has 0 atom stereocenters. The Morgan fingerprint density at radius 1 is 0.960 bits per heavy atom. The van der Waals surface area contributed by atoms with E-state index >= 15 is 0 Å². The average Bonchev–Trinajstić information content (AvgIpc) is 2.58. The topological polar surface area (TPSA) is 84.5 Å². The molecule has 2 aromatic rings. The van der Waals surface area contributed by atoms with Gasteiger partial charge in [0.15, 0.2) is 0 Å². The van der Waals surface area contributed by atoms with Crippen LogP contribution in [0.1, 0.15) is 11.1 Å². The van der Waals surface area contributed by atoms with Crippen molar-refractivity contribution in [3.63, 3.8) is 0 Å². The van der Waals surface area contributed by atoms with Crippen molar-refractivity contribution in [3.05, 3.63) is 70.3 Å². The summed E-state index contributed by atoms with van der Waals surface area (Å²) in [7, 11) is 0. The molecule has 1 fully saturated rings. The van der Waals surface area contributed by atoms with E-state index < -0.39 is 17.8 Å². The molecule has 2 N–H and O–H groups in total. The Morgan fingerprint density at radius 2 is 1.64 bits per heavy atom. The van der Waals surface area contributed by atoms with Crippen molar-refractivity contribution in [3.8, 4) is 5.75 Å². The monoisotopic (exact) mass is 356 g/mol. The largest absolute Gasteiger partial charge is 0.488 e. The zero-order valence-corrected chi connectivity index (χ0v) is 13.7. The van der Waals surface area contributed by atoms with E-state index in [2.05, 4.69) is 0 Å². The molecule has 1 aliphatic heterocycles. The van der Waals surface area contributed by atoms with Gasteiger partial charge in [-0.05, 0) is 29.8 Å². The first kappa shape index (κ1) is 16.7. The van der Waals surface area contributed by atoms with Gasteiger partial charge in [-0.3, -0.25) is 20.2 Å². The summed E-state index contributed by atoms with van der Waals surface area (Å²) in [5.74, 6) is -1.09. The third-order valence-corrected chi connectivity index (χ3v) is 3.69. The highest BCUT2D eigenvalue weighted by Crippen LogP contribution is 2.26. The molecule has 7 heteroatoms. The van der Waals surface area contributed by atoms with E-state index in [-0.39, 0.29) is 5.57 Å². The average molecular weight is 357 g/mol. The Bertz CT molecular complexity index is 856. The summed E-state index contributed by atoms with van der Waals surface area (Å²) in [4.78, 5) is 34.8. The Kier molecular flexibility index (Phi) is 4.81. The summed E-state index contributed by atoms with van der Waals surface area (Å²) in [5, 5.41) is 4.46. The van der Waals surface area contributed by atoms with Crippen molar-refractivity contribution in [2.24, 2.45) is 0 Å². The maximum atomic E-state index is 11.9. The lowest BCUT2D eigenvalue weighted by molar-refractivity contribution is -0.123. The van der Waals surface area contributed by atoms with Crippen LogP contribution in [-0.2, 0) is 16.2 Å². The fourth-order valence-corrected chi connectivity index (χ4v) is 2.44. The number of carbonyl (C=O) groups is 3. The third-order valence-electron chi connectivity index (χ3n) is 3.45. The highest BCUT2D eigenvalue weighted by molar-refractivity contribution is 6.32. The van der Waals surface area contributed by atoms with E-state index in [1.807, 2.05) is 41.0 Å². The standard InChI is InChI=1S/C18H13ClN2O4/c19-13-6-7-15(25-10-11-4-2-1-3-5-11)12(8-13)9-14-16(22)20-18(24)21-17(14)23/h1-9H,10H2,(H2,20,21,22,23,24). The number of amides is 4. The molecule has 0 saturated carbocycles. The highest BCUT2D eigenvalue weighted by Gasteiger charge is 2.28. The van der Waals surface area contributed by atoms with Crippen LogP contribution in [0.25, 0.3) is 6.08 Å². The second kappa shape index (κ2) is 7.19. The zero-order chi connectivity index (χ0) is 17.8. The van der Waals surface area contributed by atoms with Crippen molar-refractivity contribution in [1.82, 2.24) is 10.6 Å². The minimum Gasteiger partial charge on any atom is -0.488 e. The first-order valence-electron chi connectivity index (χ1n) is 7.37. The van der Waals surface area contributed by atoms with Gasteiger partial charge in [0.1, 0.15) is 17.9 Å². The van der Waals surface area contributed by atoms with Gasteiger partial charge in [-0.15, -0.1) is 0 Å². The molecule has 0 aromatic heterocycles. The zero-order valence-electron chi connectivity index (χ0n) is 12.9. The van der Waals surface area contributed by atoms with Gasteiger partial charge in [-0.2, -0.15) is 0 Å². The lowest BCUT2D eigenvalue weighted by Gasteiger charge is -2.15. The number of nitrogens with one attached hydrogen (secondary N) is 2. The van der Waals surface area contributed by atoms with Crippen LogP contribution in [0.15, 0.2) is 54.1 Å². The molecule has 1 saturated heterocycles. The van der Waals surface area contributed by atoms with Crippen LogP contribution in [0.3, 0.4) is 0 Å². The van der Waals surface area contributed by atoms with E-state index in [1.165, 1.54) is 6.08 Å². The van der Waals surface area contributed by atoms with Crippen molar-refractivity contribution >= 4 is 35.5 Å². The minimum atomic E-state index is -0.848. The first-order valence-corrected chi connectivity index (χ1v) is 7.75. The maximum Gasteiger partial charge on any atom is 0.328 e. The molecule has 4 amide bonds. The van der Waals surface area contributed by atoms with Crippen LogP contribution >= 0.6 is 11.6 Å². The van der Waals surface area contributed by atoms with E-state index in [0.29, 0.717) is 22.9 Å². The molecule has 0 unspecified atom stereocenters. The predicted molar refractivity (Wildman–Crippen MR) is 91.9 cm³/mol. The molecular weight excluding hydrogens is 344 g/mol. The molecule has 3 rings (SSSR count). The first-order chi connectivity index (χ1) is 12.0. The Balaban J connectivity index is 1.89. The Labute approximate surface area is 148 Å². The van der Waals surface area contributed by atoms with Gasteiger partial charge >= 0.3 is 6.03 Å². The van der Waals surface area contributed by atoms with Crippen LogP contribution in [0.5, 0.6) is 5.75 Å². The van der Waals surface area contributed by atoms with Crippen molar-refractivity contribution in [2.75, 3.05) is 0 Å². The smallest absolute Gasteiger partial charge is 0.328 e. The van der Waals surface area contributed by atoms with Crippen molar-refractivity contribution in [2.45, 2.75) is 6.61 Å². The van der Waals surface area contributed by atoms with E-state index in [0.717, 1.165) is 5.56 Å². The Morgan fingerprint density at radius 3 is 2.32 bits per heavy atom. The second-order valence-corrected chi connectivity index (χ2v) is 5.69. The minimum absolute atomic E-state index is 0.202. The van der Waals surface area contributed by atoms with Gasteiger partial charge in [-0.1, -0.05) is 41.9 Å². The van der Waals surface area contributed by atoms with Crippen LogP contribution < -0.4 is 15.4 Å². The fourth-order valence-electron chi connectivity index (χ4n) is 2.26. The number of halogens is 1. The Hall–Kier alpha value is -3.12. The fraction of sp³-hybridized carbons (Fsp3) is 0.0556. The number of urea groups is 1. The molecule has 2 aromatic carbocycles. The summed E-state index contributed by atoms with van der Waals surface area (Å²) in [6.07, 6.45) is 1.34. The number of hydrogen-bond donors (Lipinski definition) is 2. The number of carbonyl (C=O) groups excluding carboxylic acids is 3. The van der Waals surface area contributed by atoms with Gasteiger partial charge in [0.25, 0.3) is 11.8 Å². The number of imide groups is 2. The normalized spacial score (nSPS) is 14.0. The summed E-state index contributed by atoms with van der Waals surface area (Å²) < 4.78 is 5.78. The maximum absolute atomic E-state index is 11.9. The number of ether oxygens (including phenoxy) is 1. The summed E-state index contributed by atoms with van der Waals surface area (Å²) in [6.45, 7) is 0.315. The van der Waals surface area contributed by atoms with Gasteiger partial charge in [0.05, 0.1) is 0 Å². The third kappa shape index (κ3) is 4.05. The summed E-state index contributed by atoms with van der Waals surface area (Å²) in [5.41, 5.74) is 1.22. The SMILES string of the molecule is O=C1NC(=O)C(=Cc2cc(Cl)ccc2OCc2ccccc2)C(=O)N1. The summed E-state index contributed by atoms with van der Waals surface area (Å²) >= 11 is 6.01. The van der Waals surface area contributed by atoms with Crippen molar-refractivity contribution < 1.29 is 19.1 Å². The molecule has 25 heavy (non-hydrogen) atoms. The number of hydrogen-bond acceptors (Lipinski definition) is 4. The van der Waals surface area contributed by atoms with Gasteiger partial charge in [0.2, 0.25) is 0 Å². The molecule has 1 heterocycles. The van der Waals surface area contributed by atoms with Crippen molar-refractivity contribution in [1.29, 1.82) is 0 Å². The second-order valence-electron chi connectivity index (χ2n) is 5.25. The van der Waals surface area contributed by atoms with Crippen LogP contribution in [0.4, 0.5) is 4.79 Å². The molecule has 0 radical (unpaired) electrons. The molecule has 0 aliphatic carbocycles. The van der Waals surface area contributed by atoms with E-state index in [9.17, 15) is 14.4 Å². The molecule has 6 nitrogen and oxygen atoms in total. The number of barbiturate groups is 1. The highest BCUT2D eigenvalue weighted by atomic mass is 35.5. The molecule has 0 bridgehead atoms. The summed E-state index contributed by atoms with van der Waals surface area (Å²) in [6, 6.07) is 13.6. The van der Waals surface area contributed by atoms with E-state index in [1.54, 1.807) is 18.2 Å². The molecular formula is C18H13ClN2O4. The predicted octanol–water partition coefficient (Wildman–Crippen LogP) is 2.67. The quantitative estimate of drug-likeness (QED) is 0.651. The van der Waals surface area contributed by atoms with Gasteiger partial charge in [0, 0.05) is 10.6 Å². The van der Waals surface area contributed by atoms with Crippen LogP contribution in [-0.4, -0.2) is 17.8 Å². The van der Waals surface area contributed by atoms with Gasteiger partial charge in [-0.25, -0.2) is 4.79 Å². The molecule has 1 aliphatic rings. The molecule has 0 spiro atoms. The van der Waals surface area contributed by atoms with Crippen LogP contribution in [0, 0.1) is 0 Å². The molecule has 126 valence electrons. The lowest BCUT2D eigenvalue weighted by atomic mass is 10.1. The number of benzene rings is 2.